The van der Waals surface area contributed by atoms with Crippen molar-refractivity contribution >= 4 is 27.5 Å². The third-order valence-electron chi connectivity index (χ3n) is 9.85. The number of halogens is 2. The third kappa shape index (κ3) is 4.86. The van der Waals surface area contributed by atoms with Crippen LogP contribution in [0, 0.1) is 18.2 Å². The molecule has 6 heterocycles. The average molecular weight is 619 g/mol. The van der Waals surface area contributed by atoms with Gasteiger partial charge in [-0.3, -0.25) is 9.88 Å². The van der Waals surface area contributed by atoms with Crippen molar-refractivity contribution in [2.24, 2.45) is 0 Å². The van der Waals surface area contributed by atoms with Crippen LogP contribution >= 0.6 is 0 Å². The Hall–Kier alpha value is -4.88. The van der Waals surface area contributed by atoms with Crippen LogP contribution in [-0.2, 0) is 6.42 Å². The molecule has 0 saturated carbocycles. The van der Waals surface area contributed by atoms with Crippen molar-refractivity contribution in [1.82, 2.24) is 24.8 Å². The van der Waals surface area contributed by atoms with Gasteiger partial charge in [0.15, 0.2) is 0 Å². The molecule has 5 aromatic rings. The zero-order valence-corrected chi connectivity index (χ0v) is 25.2. The van der Waals surface area contributed by atoms with Gasteiger partial charge < -0.3 is 14.7 Å². The summed E-state index contributed by atoms with van der Waals surface area (Å²) in [6, 6.07) is 12.2. The molecular weight excluding hydrogens is 586 g/mol. The van der Waals surface area contributed by atoms with Crippen molar-refractivity contribution in [3.63, 3.8) is 0 Å². The van der Waals surface area contributed by atoms with Crippen LogP contribution in [0.25, 0.3) is 32.9 Å². The SMILES string of the molecule is C#Cc1c(F)ccc2cc(O)cc(-c3cc4nc(OC[C@@]56CCCN5C[C@H](F)C6)ncc4c(N4CCC4Cc4cccnc4)n3)c12. The van der Waals surface area contributed by atoms with E-state index in [1.54, 1.807) is 36.7 Å². The minimum atomic E-state index is -0.858. The molecule has 232 valence electrons. The highest BCUT2D eigenvalue weighted by molar-refractivity contribution is 6.03. The average Bonchev–Trinajstić information content (AvgIpc) is 3.57. The normalized spacial score (nSPS) is 22.6. The highest BCUT2D eigenvalue weighted by atomic mass is 19.1. The summed E-state index contributed by atoms with van der Waals surface area (Å²) in [6.45, 7) is 2.40. The molecule has 0 aliphatic carbocycles. The molecule has 8 nitrogen and oxygen atoms in total. The molecule has 1 N–H and O–H groups in total. The van der Waals surface area contributed by atoms with Crippen molar-refractivity contribution in [3.05, 3.63) is 78.0 Å². The highest BCUT2D eigenvalue weighted by Crippen LogP contribution is 2.42. The van der Waals surface area contributed by atoms with Gasteiger partial charge in [0.05, 0.1) is 27.7 Å². The number of alkyl halides is 1. The molecule has 46 heavy (non-hydrogen) atoms. The zero-order valence-electron chi connectivity index (χ0n) is 25.2. The fourth-order valence-corrected chi connectivity index (χ4v) is 7.56. The van der Waals surface area contributed by atoms with E-state index in [2.05, 4.69) is 31.8 Å². The topological polar surface area (TPSA) is 87.5 Å². The van der Waals surface area contributed by atoms with Crippen molar-refractivity contribution in [1.29, 1.82) is 0 Å². The monoisotopic (exact) mass is 618 g/mol. The summed E-state index contributed by atoms with van der Waals surface area (Å²) in [5.41, 5.74) is 2.46. The Morgan fingerprint density at radius 2 is 2.04 bits per heavy atom. The number of terminal acetylenes is 1. The van der Waals surface area contributed by atoms with Gasteiger partial charge in [-0.05, 0) is 73.5 Å². The van der Waals surface area contributed by atoms with Crippen molar-refractivity contribution in [2.45, 2.75) is 49.9 Å². The standard InChI is InChI=1S/C36H32F2N6O2/c1-2-27-30(38)7-6-23-14-26(45)15-28(33(23)27)31-16-32-29(34(41-31)44-12-8-25(44)13-22-5-3-10-39-18-22)19-40-35(42-32)46-21-36-9-4-11-43(36)20-24(37)17-36/h1,3,5-7,10,14-16,18-19,24-25,45H,4,8-9,11-13,17,20-21H2/t24-,25?,36+/m1/s1. The molecule has 3 atom stereocenters. The lowest BCUT2D eigenvalue weighted by molar-refractivity contribution is 0.107. The van der Waals surface area contributed by atoms with Crippen LogP contribution in [-0.4, -0.2) is 73.9 Å². The van der Waals surface area contributed by atoms with Gasteiger partial charge in [-0.1, -0.05) is 18.1 Å². The Balaban J connectivity index is 1.24. The van der Waals surface area contributed by atoms with Crippen LogP contribution in [0.3, 0.4) is 0 Å². The van der Waals surface area contributed by atoms with E-state index in [1.165, 1.54) is 6.07 Å². The van der Waals surface area contributed by atoms with E-state index in [4.69, 9.17) is 21.1 Å². The first-order valence-electron chi connectivity index (χ1n) is 15.7. The molecule has 0 spiro atoms. The number of aromatic hydroxyl groups is 1. The Morgan fingerprint density at radius 1 is 1.13 bits per heavy atom. The molecule has 3 fully saturated rings. The van der Waals surface area contributed by atoms with Crippen LogP contribution in [0.5, 0.6) is 11.8 Å². The Labute approximate surface area is 265 Å². The number of anilines is 1. The number of hydrogen-bond acceptors (Lipinski definition) is 8. The predicted octanol–water partition coefficient (Wildman–Crippen LogP) is 5.84. The van der Waals surface area contributed by atoms with Gasteiger partial charge >= 0.3 is 6.01 Å². The molecule has 3 aliphatic rings. The zero-order chi connectivity index (χ0) is 31.4. The van der Waals surface area contributed by atoms with Crippen molar-refractivity contribution < 1.29 is 18.6 Å². The van der Waals surface area contributed by atoms with Crippen molar-refractivity contribution in [2.75, 3.05) is 31.1 Å². The summed E-state index contributed by atoms with van der Waals surface area (Å²) in [5, 5.41) is 12.5. The number of benzene rings is 2. The fraction of sp³-hybridized carbons (Fsp3) is 0.333. The lowest BCUT2D eigenvalue weighted by Crippen LogP contribution is -2.49. The second kappa shape index (κ2) is 11.2. The third-order valence-corrected chi connectivity index (χ3v) is 9.85. The predicted molar refractivity (Wildman–Crippen MR) is 172 cm³/mol. The summed E-state index contributed by atoms with van der Waals surface area (Å²) in [5.74, 6) is 2.66. The van der Waals surface area contributed by atoms with Crippen LogP contribution < -0.4 is 9.64 Å². The van der Waals surface area contributed by atoms with Crippen LogP contribution in [0.1, 0.15) is 36.8 Å². The maximum atomic E-state index is 15.0. The lowest BCUT2D eigenvalue weighted by Gasteiger charge is -2.42. The molecule has 0 radical (unpaired) electrons. The van der Waals surface area contributed by atoms with Gasteiger partial charge in [-0.25, -0.2) is 18.7 Å². The molecule has 3 aliphatic heterocycles. The van der Waals surface area contributed by atoms with E-state index in [1.807, 2.05) is 12.3 Å². The molecule has 10 heteroatoms. The van der Waals surface area contributed by atoms with E-state index in [-0.39, 0.29) is 28.9 Å². The van der Waals surface area contributed by atoms with Gasteiger partial charge in [0.1, 0.15) is 30.2 Å². The van der Waals surface area contributed by atoms with E-state index in [0.717, 1.165) is 49.7 Å². The van der Waals surface area contributed by atoms with Gasteiger partial charge in [0.2, 0.25) is 0 Å². The smallest absolute Gasteiger partial charge is 0.316 e. The minimum Gasteiger partial charge on any atom is -0.508 e. The summed E-state index contributed by atoms with van der Waals surface area (Å²) >= 11 is 0. The second-order valence-corrected chi connectivity index (χ2v) is 12.6. The number of aromatic nitrogens is 4. The molecule has 1 unspecified atom stereocenters. The van der Waals surface area contributed by atoms with Gasteiger partial charge in [-0.15, -0.1) is 6.42 Å². The Kier molecular flexibility index (Phi) is 6.94. The molecular formula is C36H32F2N6O2. The maximum absolute atomic E-state index is 15.0. The van der Waals surface area contributed by atoms with Crippen LogP contribution in [0.4, 0.5) is 14.6 Å². The summed E-state index contributed by atoms with van der Waals surface area (Å²) in [6.07, 6.45) is 14.4. The number of hydrogen-bond donors (Lipinski definition) is 1. The maximum Gasteiger partial charge on any atom is 0.316 e. The van der Waals surface area contributed by atoms with Crippen LogP contribution in [0.2, 0.25) is 0 Å². The molecule has 2 aromatic carbocycles. The second-order valence-electron chi connectivity index (χ2n) is 12.6. The number of phenols is 1. The fourth-order valence-electron chi connectivity index (χ4n) is 7.56. The molecule has 3 saturated heterocycles. The first kappa shape index (κ1) is 28.6. The number of ether oxygens (including phenoxy) is 1. The first-order chi connectivity index (χ1) is 22.4. The summed E-state index contributed by atoms with van der Waals surface area (Å²) in [4.78, 5) is 23.2. The minimum absolute atomic E-state index is 0.00810. The van der Waals surface area contributed by atoms with Gasteiger partial charge in [0, 0.05) is 55.1 Å². The van der Waals surface area contributed by atoms with Gasteiger partial charge in [-0.2, -0.15) is 4.98 Å². The van der Waals surface area contributed by atoms with E-state index >= 15 is 0 Å². The number of phenolic OH excluding ortho intramolecular Hbond substituents is 1. The Bertz CT molecular complexity index is 2020. The van der Waals surface area contributed by atoms with Gasteiger partial charge in [0.25, 0.3) is 0 Å². The molecule has 3 aromatic heterocycles. The molecule has 0 amide bonds. The number of nitrogens with zero attached hydrogens (tertiary/aromatic N) is 6. The number of fused-ring (bicyclic) bond motifs is 3. The number of rotatable bonds is 7. The van der Waals surface area contributed by atoms with Crippen molar-refractivity contribution in [3.8, 4) is 35.4 Å². The summed E-state index contributed by atoms with van der Waals surface area (Å²) in [7, 11) is 0. The van der Waals surface area contributed by atoms with E-state index in [0.29, 0.717) is 52.9 Å². The van der Waals surface area contributed by atoms with E-state index in [9.17, 15) is 13.9 Å². The largest absolute Gasteiger partial charge is 0.508 e. The van der Waals surface area contributed by atoms with E-state index < -0.39 is 12.0 Å². The quantitative estimate of drug-likeness (QED) is 0.228. The lowest BCUT2D eigenvalue weighted by atomic mass is 9.94. The molecule has 0 bridgehead atoms. The summed E-state index contributed by atoms with van der Waals surface area (Å²) < 4.78 is 35.5. The number of pyridine rings is 2. The molecule has 8 rings (SSSR count). The highest BCUT2D eigenvalue weighted by Gasteiger charge is 2.49. The first-order valence-corrected chi connectivity index (χ1v) is 15.7. The van der Waals surface area contributed by atoms with Crippen LogP contribution in [0.15, 0.2) is 61.1 Å². The Morgan fingerprint density at radius 3 is 2.85 bits per heavy atom.